The number of carbonyl (C=O) groups excluding carboxylic acids is 1. The third kappa shape index (κ3) is 5.36. The van der Waals surface area contributed by atoms with Crippen LogP contribution in [-0.4, -0.2) is 22.1 Å². The van der Waals surface area contributed by atoms with Crippen LogP contribution in [0.2, 0.25) is 0 Å². The fraction of sp³-hybridized carbons (Fsp3) is 0.800. The van der Waals surface area contributed by atoms with E-state index in [1.807, 2.05) is 0 Å². The molecule has 1 aromatic heterocycles. The van der Waals surface area contributed by atoms with Crippen LogP contribution in [-0.2, 0) is 11.2 Å². The van der Waals surface area contributed by atoms with E-state index >= 15 is 0 Å². The highest BCUT2D eigenvalue weighted by molar-refractivity contribution is 7.15. The van der Waals surface area contributed by atoms with E-state index in [1.165, 1.54) is 43.4 Å². The van der Waals surface area contributed by atoms with Crippen LogP contribution in [0.15, 0.2) is 0 Å². The molecule has 6 heteroatoms. The molecule has 21 heavy (non-hydrogen) atoms. The molecule has 5 nitrogen and oxygen atoms in total. The van der Waals surface area contributed by atoms with Gasteiger partial charge in [-0.25, -0.2) is 0 Å². The predicted octanol–water partition coefficient (Wildman–Crippen LogP) is 2.97. The van der Waals surface area contributed by atoms with Crippen LogP contribution in [0, 0.1) is 11.8 Å². The third-order valence-electron chi connectivity index (χ3n) is 3.93. The van der Waals surface area contributed by atoms with Gasteiger partial charge in [0, 0.05) is 6.42 Å². The summed E-state index contributed by atoms with van der Waals surface area (Å²) in [6, 6.07) is -0.439. The molecule has 0 aromatic carbocycles. The van der Waals surface area contributed by atoms with E-state index < -0.39 is 6.04 Å². The van der Waals surface area contributed by atoms with Gasteiger partial charge in [-0.1, -0.05) is 57.3 Å². The minimum absolute atomic E-state index is 0.132. The Labute approximate surface area is 130 Å². The molecule has 118 valence electrons. The zero-order valence-corrected chi connectivity index (χ0v) is 13.8. The van der Waals surface area contributed by atoms with E-state index in [-0.39, 0.29) is 5.91 Å². The molecule has 1 unspecified atom stereocenters. The van der Waals surface area contributed by atoms with Crippen LogP contribution in [0.4, 0.5) is 5.13 Å². The van der Waals surface area contributed by atoms with Crippen molar-refractivity contribution < 1.29 is 4.79 Å². The molecule has 2 rings (SSSR count). The Morgan fingerprint density at radius 1 is 1.33 bits per heavy atom. The normalized spacial score (nSPS) is 17.9. The zero-order chi connectivity index (χ0) is 15.2. The molecule has 0 spiro atoms. The Kier molecular flexibility index (Phi) is 6.11. The van der Waals surface area contributed by atoms with Crippen molar-refractivity contribution in [1.29, 1.82) is 0 Å². The molecule has 0 bridgehead atoms. The maximum absolute atomic E-state index is 12.1. The van der Waals surface area contributed by atoms with Crippen LogP contribution in [0.3, 0.4) is 0 Å². The standard InChI is InChI=1S/C15H26N4OS/c1-10(2)8-13-18-19-15(21-13)17-14(20)12(16)9-11-6-4-3-5-7-11/h10-12H,3-9,16H2,1-2H3,(H,17,19,20). The van der Waals surface area contributed by atoms with Gasteiger partial charge in [0.2, 0.25) is 11.0 Å². The van der Waals surface area contributed by atoms with Crippen LogP contribution < -0.4 is 11.1 Å². The average Bonchev–Trinajstić information content (AvgIpc) is 2.86. The van der Waals surface area contributed by atoms with Gasteiger partial charge < -0.3 is 5.73 Å². The lowest BCUT2D eigenvalue weighted by molar-refractivity contribution is -0.117. The average molecular weight is 310 g/mol. The van der Waals surface area contributed by atoms with Gasteiger partial charge in [0.25, 0.3) is 0 Å². The van der Waals surface area contributed by atoms with Gasteiger partial charge in [-0.2, -0.15) is 0 Å². The SMILES string of the molecule is CC(C)Cc1nnc(NC(=O)C(N)CC2CCCCC2)s1. The molecular formula is C15H26N4OS. The van der Waals surface area contributed by atoms with Crippen molar-refractivity contribution in [1.82, 2.24) is 10.2 Å². The Bertz CT molecular complexity index is 454. The quantitative estimate of drug-likeness (QED) is 0.846. The van der Waals surface area contributed by atoms with Crippen molar-refractivity contribution in [2.75, 3.05) is 5.32 Å². The summed E-state index contributed by atoms with van der Waals surface area (Å²) in [5, 5.41) is 12.4. The van der Waals surface area contributed by atoms with Gasteiger partial charge in [-0.05, 0) is 18.3 Å². The van der Waals surface area contributed by atoms with Crippen molar-refractivity contribution in [2.45, 2.75) is 64.8 Å². The molecule has 1 amide bonds. The van der Waals surface area contributed by atoms with Crippen molar-refractivity contribution >= 4 is 22.4 Å². The summed E-state index contributed by atoms with van der Waals surface area (Å²) >= 11 is 1.44. The molecule has 1 aromatic rings. The monoisotopic (exact) mass is 310 g/mol. The van der Waals surface area contributed by atoms with Gasteiger partial charge in [-0.15, -0.1) is 10.2 Å². The lowest BCUT2D eigenvalue weighted by atomic mass is 9.85. The van der Waals surface area contributed by atoms with Crippen LogP contribution >= 0.6 is 11.3 Å². The number of carbonyl (C=O) groups is 1. The molecule has 1 aliphatic rings. The van der Waals surface area contributed by atoms with Gasteiger partial charge >= 0.3 is 0 Å². The fourth-order valence-corrected chi connectivity index (χ4v) is 3.78. The highest BCUT2D eigenvalue weighted by atomic mass is 32.1. The van der Waals surface area contributed by atoms with E-state index in [4.69, 9.17) is 5.73 Å². The molecule has 0 aliphatic heterocycles. The lowest BCUT2D eigenvalue weighted by Gasteiger charge is -2.23. The van der Waals surface area contributed by atoms with E-state index in [0.717, 1.165) is 17.8 Å². The number of nitrogens with one attached hydrogen (secondary N) is 1. The third-order valence-corrected chi connectivity index (χ3v) is 4.79. The summed E-state index contributed by atoms with van der Waals surface area (Å²) in [5.74, 6) is 1.01. The molecule has 3 N–H and O–H groups in total. The minimum Gasteiger partial charge on any atom is -0.320 e. The summed E-state index contributed by atoms with van der Waals surface area (Å²) in [5.41, 5.74) is 6.03. The van der Waals surface area contributed by atoms with Crippen molar-refractivity contribution in [2.24, 2.45) is 17.6 Å². The molecule has 0 saturated heterocycles. The van der Waals surface area contributed by atoms with Gasteiger partial charge in [0.1, 0.15) is 5.01 Å². The topological polar surface area (TPSA) is 80.9 Å². The summed E-state index contributed by atoms with van der Waals surface area (Å²) in [4.78, 5) is 12.1. The maximum Gasteiger partial charge on any atom is 0.243 e. The van der Waals surface area contributed by atoms with E-state index in [2.05, 4.69) is 29.4 Å². The smallest absolute Gasteiger partial charge is 0.243 e. The number of nitrogens with two attached hydrogens (primary N) is 1. The zero-order valence-electron chi connectivity index (χ0n) is 13.0. The molecule has 1 saturated carbocycles. The molecule has 1 aliphatic carbocycles. The first kappa shape index (κ1) is 16.4. The first-order valence-electron chi connectivity index (χ1n) is 7.93. The lowest BCUT2D eigenvalue weighted by Crippen LogP contribution is -2.37. The number of rotatable bonds is 6. The molecule has 0 radical (unpaired) electrons. The number of nitrogens with zero attached hydrogens (tertiary/aromatic N) is 2. The van der Waals surface area contributed by atoms with Crippen molar-refractivity contribution in [3.05, 3.63) is 5.01 Å². The molecule has 1 atom stereocenters. The van der Waals surface area contributed by atoms with Crippen molar-refractivity contribution in [3.8, 4) is 0 Å². The fourth-order valence-electron chi connectivity index (χ4n) is 2.82. The van der Waals surface area contributed by atoms with Crippen LogP contribution in [0.25, 0.3) is 0 Å². The van der Waals surface area contributed by atoms with E-state index in [1.54, 1.807) is 0 Å². The highest BCUT2D eigenvalue weighted by Crippen LogP contribution is 2.27. The second-order valence-corrected chi connectivity index (χ2v) is 7.50. The van der Waals surface area contributed by atoms with Crippen LogP contribution in [0.1, 0.15) is 57.4 Å². The van der Waals surface area contributed by atoms with Gasteiger partial charge in [-0.3, -0.25) is 10.1 Å². The molecule has 1 fully saturated rings. The van der Waals surface area contributed by atoms with Gasteiger partial charge in [0.05, 0.1) is 6.04 Å². The summed E-state index contributed by atoms with van der Waals surface area (Å²) in [7, 11) is 0. The molecule has 1 heterocycles. The summed E-state index contributed by atoms with van der Waals surface area (Å²) in [6.45, 7) is 4.28. The maximum atomic E-state index is 12.1. The minimum atomic E-state index is -0.439. The Morgan fingerprint density at radius 3 is 2.71 bits per heavy atom. The number of amides is 1. The van der Waals surface area contributed by atoms with Crippen LogP contribution in [0.5, 0.6) is 0 Å². The predicted molar refractivity (Wildman–Crippen MR) is 86.2 cm³/mol. The molecular weight excluding hydrogens is 284 g/mol. The first-order valence-corrected chi connectivity index (χ1v) is 8.75. The largest absolute Gasteiger partial charge is 0.320 e. The van der Waals surface area contributed by atoms with E-state index in [0.29, 0.717) is 17.0 Å². The second-order valence-electron chi connectivity index (χ2n) is 6.43. The van der Waals surface area contributed by atoms with Crippen molar-refractivity contribution in [3.63, 3.8) is 0 Å². The Hall–Kier alpha value is -1.01. The number of aromatic nitrogens is 2. The Balaban J connectivity index is 1.80. The van der Waals surface area contributed by atoms with Gasteiger partial charge in [0.15, 0.2) is 0 Å². The first-order chi connectivity index (χ1) is 10.0. The second kappa shape index (κ2) is 7.84. The summed E-state index contributed by atoms with van der Waals surface area (Å²) in [6.07, 6.45) is 7.95. The van der Waals surface area contributed by atoms with E-state index in [9.17, 15) is 4.79 Å². The highest BCUT2D eigenvalue weighted by Gasteiger charge is 2.22. The number of hydrogen-bond acceptors (Lipinski definition) is 5. The number of anilines is 1. The number of hydrogen-bond donors (Lipinski definition) is 2. The summed E-state index contributed by atoms with van der Waals surface area (Å²) < 4.78 is 0. The Morgan fingerprint density at radius 2 is 2.05 bits per heavy atom.